The number of para-hydroxylation sites is 1. The van der Waals surface area contributed by atoms with Crippen molar-refractivity contribution >= 4 is 23.6 Å². The minimum absolute atomic E-state index is 0.272. The van der Waals surface area contributed by atoms with E-state index in [1.165, 1.54) is 0 Å². The second-order valence-corrected chi connectivity index (χ2v) is 10.8. The molecule has 204 valence electrons. The first-order valence-electron chi connectivity index (χ1n) is 12.9. The zero-order valence-corrected chi connectivity index (χ0v) is 24.1. The molecule has 0 radical (unpaired) electrons. The molecule has 3 amide bonds. The van der Waals surface area contributed by atoms with Crippen LogP contribution < -0.4 is 10.6 Å². The lowest BCUT2D eigenvalue weighted by Gasteiger charge is -2.33. The largest absolute Gasteiger partial charge is 0.444 e. The number of terminal acetylenes is 1. The van der Waals surface area contributed by atoms with Crippen LogP contribution in [-0.4, -0.2) is 34.5 Å². The molecular weight excluding hydrogens is 478 g/mol. The Morgan fingerprint density at radius 2 is 1.47 bits per heavy atom. The molecule has 0 spiro atoms. The number of hydrogen-bond acceptors (Lipinski definition) is 4. The van der Waals surface area contributed by atoms with Crippen LogP contribution in [0.1, 0.15) is 74.9 Å². The number of hydrogen-bond donors (Lipinski definition) is 2. The Balaban J connectivity index is 2.60. The lowest BCUT2D eigenvalue weighted by atomic mass is 9.92. The first-order valence-corrected chi connectivity index (χ1v) is 12.9. The second-order valence-electron chi connectivity index (χ2n) is 10.8. The Hall–Kier alpha value is -3.79. The van der Waals surface area contributed by atoms with Gasteiger partial charge in [-0.2, -0.15) is 0 Å². The number of carbonyl (C=O) groups is 3. The van der Waals surface area contributed by atoms with Gasteiger partial charge in [-0.25, -0.2) is 4.79 Å². The van der Waals surface area contributed by atoms with Crippen molar-refractivity contribution in [1.29, 1.82) is 0 Å². The normalized spacial score (nSPS) is 13.5. The Bertz CT molecular complexity index is 1180. The summed E-state index contributed by atoms with van der Waals surface area (Å²) >= 11 is 0. The molecule has 2 aromatic rings. The molecule has 0 saturated carbocycles. The standard InChI is InChI=1S/C31H41N3O4/c1-11-19(3)26(33-30(37)38-31(8,9)10)29(36)34(12-2)27(24-20(4)15-13-16-21(24)5)28(35)32-25-22(6)17-14-18-23(25)7/h2,13-19,26-27H,11H2,1,3-10H3,(H,32,35)(H,33,37). The molecule has 2 rings (SSSR count). The van der Waals surface area contributed by atoms with E-state index in [4.69, 9.17) is 11.2 Å². The number of carbonyl (C=O) groups excluding carboxylic acids is 3. The highest BCUT2D eigenvalue weighted by atomic mass is 16.6. The van der Waals surface area contributed by atoms with Crippen LogP contribution in [0.2, 0.25) is 0 Å². The van der Waals surface area contributed by atoms with E-state index in [-0.39, 0.29) is 5.92 Å². The SMILES string of the molecule is C#CN(C(=O)C(NC(=O)OC(C)(C)C)C(C)CC)C(C(=O)Nc1c(C)cccc1C)c1c(C)cccc1C. The summed E-state index contributed by atoms with van der Waals surface area (Å²) in [7, 11) is 0. The van der Waals surface area contributed by atoms with Crippen molar-refractivity contribution in [2.24, 2.45) is 5.92 Å². The molecule has 38 heavy (non-hydrogen) atoms. The Morgan fingerprint density at radius 1 is 0.974 bits per heavy atom. The van der Waals surface area contributed by atoms with Gasteiger partial charge in [0.1, 0.15) is 17.7 Å². The van der Waals surface area contributed by atoms with Gasteiger partial charge in [0.2, 0.25) is 0 Å². The van der Waals surface area contributed by atoms with E-state index < -0.39 is 35.6 Å². The van der Waals surface area contributed by atoms with Gasteiger partial charge in [0, 0.05) is 11.7 Å². The highest BCUT2D eigenvalue weighted by molar-refractivity contribution is 6.00. The third kappa shape index (κ3) is 7.38. The Kier molecular flexibility index (Phi) is 10.1. The smallest absolute Gasteiger partial charge is 0.408 e. The number of anilines is 1. The predicted molar refractivity (Wildman–Crippen MR) is 151 cm³/mol. The maximum Gasteiger partial charge on any atom is 0.408 e. The fraction of sp³-hybridized carbons (Fsp3) is 0.452. The molecule has 2 aromatic carbocycles. The summed E-state index contributed by atoms with van der Waals surface area (Å²) in [4.78, 5) is 41.8. The minimum atomic E-state index is -1.13. The van der Waals surface area contributed by atoms with Gasteiger partial charge in [-0.3, -0.25) is 14.5 Å². The number of nitrogens with zero attached hydrogens (tertiary/aromatic N) is 1. The maximum absolute atomic E-state index is 14.0. The zero-order chi connectivity index (χ0) is 28.8. The molecule has 0 saturated heterocycles. The first-order chi connectivity index (χ1) is 17.7. The summed E-state index contributed by atoms with van der Waals surface area (Å²) in [6.45, 7) is 16.6. The van der Waals surface area contributed by atoms with E-state index in [1.54, 1.807) is 20.8 Å². The molecular formula is C31H41N3O4. The van der Waals surface area contributed by atoms with Gasteiger partial charge in [0.25, 0.3) is 11.8 Å². The Labute approximate surface area is 227 Å². The van der Waals surface area contributed by atoms with Gasteiger partial charge in [-0.1, -0.05) is 63.1 Å². The number of nitrogens with one attached hydrogen (secondary N) is 2. The summed E-state index contributed by atoms with van der Waals surface area (Å²) in [5.74, 6) is -1.27. The second kappa shape index (κ2) is 12.6. The molecule has 3 unspecified atom stereocenters. The van der Waals surface area contributed by atoms with Crippen molar-refractivity contribution in [3.63, 3.8) is 0 Å². The zero-order valence-electron chi connectivity index (χ0n) is 24.1. The quantitative estimate of drug-likeness (QED) is 0.333. The summed E-state index contributed by atoms with van der Waals surface area (Å²) < 4.78 is 5.41. The topological polar surface area (TPSA) is 87.7 Å². The molecule has 0 bridgehead atoms. The maximum atomic E-state index is 14.0. The first kappa shape index (κ1) is 30.4. The van der Waals surface area contributed by atoms with Gasteiger partial charge in [-0.05, 0) is 82.2 Å². The Morgan fingerprint density at radius 3 is 1.92 bits per heavy atom. The lowest BCUT2D eigenvalue weighted by molar-refractivity contribution is -0.137. The fourth-order valence-corrected chi connectivity index (χ4v) is 4.37. The van der Waals surface area contributed by atoms with Crippen molar-refractivity contribution in [2.45, 2.75) is 86.4 Å². The predicted octanol–water partition coefficient (Wildman–Crippen LogP) is 5.96. The molecule has 0 fully saturated rings. The molecule has 7 heteroatoms. The number of ether oxygens (including phenoxy) is 1. The summed E-state index contributed by atoms with van der Waals surface area (Å²) in [5, 5.41) is 5.72. The number of alkyl carbamates (subject to hydrolysis) is 1. The van der Waals surface area contributed by atoms with E-state index >= 15 is 0 Å². The van der Waals surface area contributed by atoms with Crippen molar-refractivity contribution in [3.8, 4) is 12.5 Å². The van der Waals surface area contributed by atoms with Crippen molar-refractivity contribution in [3.05, 3.63) is 64.2 Å². The minimum Gasteiger partial charge on any atom is -0.444 e. The lowest BCUT2D eigenvalue weighted by Crippen LogP contribution is -2.53. The van der Waals surface area contributed by atoms with Gasteiger partial charge in [0.15, 0.2) is 0 Å². The van der Waals surface area contributed by atoms with Crippen LogP contribution >= 0.6 is 0 Å². The van der Waals surface area contributed by atoms with E-state index in [2.05, 4.69) is 16.7 Å². The average Bonchev–Trinajstić information content (AvgIpc) is 2.82. The van der Waals surface area contributed by atoms with Gasteiger partial charge >= 0.3 is 6.09 Å². The summed E-state index contributed by atoms with van der Waals surface area (Å²) in [6, 6.07) is 11.7. The van der Waals surface area contributed by atoms with Gasteiger partial charge in [-0.15, -0.1) is 0 Å². The third-order valence-electron chi connectivity index (χ3n) is 6.58. The van der Waals surface area contributed by atoms with Crippen molar-refractivity contribution in [2.75, 3.05) is 5.32 Å². The summed E-state index contributed by atoms with van der Waals surface area (Å²) in [5.41, 5.74) is 3.99. The van der Waals surface area contributed by atoms with Crippen LogP contribution in [0.5, 0.6) is 0 Å². The number of rotatable bonds is 8. The fourth-order valence-electron chi connectivity index (χ4n) is 4.37. The monoisotopic (exact) mass is 519 g/mol. The van der Waals surface area contributed by atoms with Crippen LogP contribution in [-0.2, 0) is 14.3 Å². The van der Waals surface area contributed by atoms with Crippen LogP contribution in [0, 0.1) is 46.1 Å². The highest BCUT2D eigenvalue weighted by Crippen LogP contribution is 2.31. The molecule has 3 atom stereocenters. The van der Waals surface area contributed by atoms with E-state index in [0.29, 0.717) is 17.7 Å². The molecule has 0 aliphatic carbocycles. The summed E-state index contributed by atoms with van der Waals surface area (Å²) in [6.07, 6.45) is 5.81. The number of aryl methyl sites for hydroxylation is 4. The van der Waals surface area contributed by atoms with E-state index in [9.17, 15) is 14.4 Å². The number of benzene rings is 2. The van der Waals surface area contributed by atoms with Crippen LogP contribution in [0.3, 0.4) is 0 Å². The third-order valence-corrected chi connectivity index (χ3v) is 6.58. The van der Waals surface area contributed by atoms with Crippen molar-refractivity contribution < 1.29 is 19.1 Å². The molecule has 2 N–H and O–H groups in total. The molecule has 0 aliphatic rings. The van der Waals surface area contributed by atoms with Gasteiger partial charge < -0.3 is 15.4 Å². The number of amides is 3. The molecule has 7 nitrogen and oxygen atoms in total. The average molecular weight is 520 g/mol. The molecule has 0 aliphatic heterocycles. The molecule has 0 aromatic heterocycles. The van der Waals surface area contributed by atoms with E-state index in [1.807, 2.05) is 77.9 Å². The van der Waals surface area contributed by atoms with Crippen LogP contribution in [0.25, 0.3) is 0 Å². The van der Waals surface area contributed by atoms with Gasteiger partial charge in [0.05, 0.1) is 0 Å². The van der Waals surface area contributed by atoms with Crippen LogP contribution in [0.15, 0.2) is 36.4 Å². The highest BCUT2D eigenvalue weighted by Gasteiger charge is 2.39. The molecule has 0 heterocycles. The van der Waals surface area contributed by atoms with E-state index in [0.717, 1.165) is 27.2 Å². The van der Waals surface area contributed by atoms with Crippen LogP contribution in [0.4, 0.5) is 10.5 Å². The van der Waals surface area contributed by atoms with Crippen molar-refractivity contribution in [1.82, 2.24) is 10.2 Å².